The van der Waals surface area contributed by atoms with Crippen molar-refractivity contribution in [2.75, 3.05) is 5.73 Å². The van der Waals surface area contributed by atoms with E-state index >= 15 is 0 Å². The van der Waals surface area contributed by atoms with Crippen molar-refractivity contribution in [3.8, 4) is 11.1 Å². The number of anilines is 1. The monoisotopic (exact) mass is 234 g/mol. The van der Waals surface area contributed by atoms with Gasteiger partial charge in [0.2, 0.25) is 0 Å². The molecule has 0 aliphatic heterocycles. The zero-order valence-electron chi connectivity index (χ0n) is 9.59. The van der Waals surface area contributed by atoms with Crippen LogP contribution in [0.1, 0.15) is 11.4 Å². The maximum Gasteiger partial charge on any atom is 0.156 e. The molecule has 88 valence electrons. The fraction of sp³-hybridized carbons (Fsp3) is 0.154. The van der Waals surface area contributed by atoms with E-state index in [0.717, 1.165) is 0 Å². The summed E-state index contributed by atoms with van der Waals surface area (Å²) < 4.78 is 27.5. The average Bonchev–Trinajstić information content (AvgIpc) is 2.23. The third-order valence-electron chi connectivity index (χ3n) is 2.49. The molecule has 2 nitrogen and oxygen atoms in total. The molecule has 0 radical (unpaired) electrons. The molecule has 1 aromatic heterocycles. The normalized spacial score (nSPS) is 10.6. The van der Waals surface area contributed by atoms with Crippen LogP contribution in [-0.4, -0.2) is 4.98 Å². The van der Waals surface area contributed by atoms with Crippen molar-refractivity contribution in [1.82, 2.24) is 4.98 Å². The van der Waals surface area contributed by atoms with Gasteiger partial charge in [-0.2, -0.15) is 0 Å². The van der Waals surface area contributed by atoms with Crippen molar-refractivity contribution in [2.45, 2.75) is 13.8 Å². The maximum atomic E-state index is 13.8. The van der Waals surface area contributed by atoms with Gasteiger partial charge in [-0.25, -0.2) is 8.78 Å². The van der Waals surface area contributed by atoms with Crippen LogP contribution in [0.25, 0.3) is 11.1 Å². The second kappa shape index (κ2) is 4.13. The van der Waals surface area contributed by atoms with Crippen LogP contribution in [0.15, 0.2) is 24.3 Å². The SMILES string of the molecule is Cc1cc(-c2c(F)ccc(N)c2F)cc(C)n1. The molecule has 0 saturated heterocycles. The van der Waals surface area contributed by atoms with Crippen molar-refractivity contribution in [3.05, 3.63) is 47.3 Å². The molecule has 2 rings (SSSR count). The first-order chi connectivity index (χ1) is 7.99. The minimum absolute atomic E-state index is 0.0616. The van der Waals surface area contributed by atoms with Crippen LogP contribution in [0.3, 0.4) is 0 Å². The first-order valence-electron chi connectivity index (χ1n) is 5.18. The molecule has 1 heterocycles. The predicted molar refractivity (Wildman–Crippen MR) is 63.5 cm³/mol. The summed E-state index contributed by atoms with van der Waals surface area (Å²) in [7, 11) is 0. The van der Waals surface area contributed by atoms with Crippen LogP contribution in [0, 0.1) is 25.5 Å². The summed E-state index contributed by atoms with van der Waals surface area (Å²) in [5.74, 6) is -1.35. The van der Waals surface area contributed by atoms with E-state index in [1.807, 2.05) is 0 Å². The van der Waals surface area contributed by atoms with Gasteiger partial charge >= 0.3 is 0 Å². The molecule has 4 heteroatoms. The lowest BCUT2D eigenvalue weighted by Gasteiger charge is -2.08. The number of nitrogens with two attached hydrogens (primary N) is 1. The number of nitrogens with zero attached hydrogens (tertiary/aromatic N) is 1. The summed E-state index contributed by atoms with van der Waals surface area (Å²) in [6.07, 6.45) is 0. The zero-order chi connectivity index (χ0) is 12.6. The average molecular weight is 234 g/mol. The number of hydrogen-bond donors (Lipinski definition) is 1. The zero-order valence-corrected chi connectivity index (χ0v) is 9.59. The Morgan fingerprint density at radius 3 is 2.24 bits per heavy atom. The molecule has 0 amide bonds. The Hall–Kier alpha value is -1.97. The van der Waals surface area contributed by atoms with Crippen molar-refractivity contribution in [2.24, 2.45) is 0 Å². The predicted octanol–water partition coefficient (Wildman–Crippen LogP) is 3.23. The molecular formula is C13H12F2N2. The van der Waals surface area contributed by atoms with E-state index in [9.17, 15) is 8.78 Å². The molecule has 0 unspecified atom stereocenters. The summed E-state index contributed by atoms with van der Waals surface area (Å²) in [5.41, 5.74) is 7.16. The van der Waals surface area contributed by atoms with E-state index in [4.69, 9.17) is 5.73 Å². The molecule has 0 fully saturated rings. The molecule has 0 bridgehead atoms. The molecule has 0 atom stereocenters. The third kappa shape index (κ3) is 2.11. The molecule has 0 spiro atoms. The van der Waals surface area contributed by atoms with Crippen molar-refractivity contribution >= 4 is 5.69 Å². The van der Waals surface area contributed by atoms with Gasteiger partial charge < -0.3 is 5.73 Å². The lowest BCUT2D eigenvalue weighted by Crippen LogP contribution is -1.98. The summed E-state index contributed by atoms with van der Waals surface area (Å²) in [4.78, 5) is 4.17. The number of rotatable bonds is 1. The summed E-state index contributed by atoms with van der Waals surface area (Å²) in [6, 6.07) is 5.65. The standard InChI is InChI=1S/C13H12F2N2/c1-7-5-9(6-8(2)17-7)12-10(14)3-4-11(16)13(12)15/h3-6H,16H2,1-2H3. The van der Waals surface area contributed by atoms with Gasteiger partial charge in [0.1, 0.15) is 5.82 Å². The lowest BCUT2D eigenvalue weighted by molar-refractivity contribution is 0.592. The Labute approximate surface area is 98.1 Å². The maximum absolute atomic E-state index is 13.8. The fourth-order valence-corrected chi connectivity index (χ4v) is 1.81. The Kier molecular flexibility index (Phi) is 2.79. The molecule has 0 aliphatic carbocycles. The Balaban J connectivity index is 2.72. The number of benzene rings is 1. The number of halogens is 2. The van der Waals surface area contributed by atoms with Gasteiger partial charge in [0.05, 0.1) is 11.3 Å². The highest BCUT2D eigenvalue weighted by atomic mass is 19.1. The summed E-state index contributed by atoms with van der Waals surface area (Å²) in [5, 5.41) is 0. The topological polar surface area (TPSA) is 38.9 Å². The molecule has 2 N–H and O–H groups in total. The van der Waals surface area contributed by atoms with Gasteiger partial charge in [-0.15, -0.1) is 0 Å². The molecule has 0 aliphatic rings. The number of aryl methyl sites for hydroxylation is 2. The number of nitrogen functional groups attached to an aromatic ring is 1. The molecule has 2 aromatic rings. The van der Waals surface area contributed by atoms with Gasteiger partial charge in [0, 0.05) is 11.4 Å². The van der Waals surface area contributed by atoms with Crippen LogP contribution in [0.2, 0.25) is 0 Å². The van der Waals surface area contributed by atoms with Crippen LogP contribution < -0.4 is 5.73 Å². The highest BCUT2D eigenvalue weighted by molar-refractivity contribution is 5.69. The van der Waals surface area contributed by atoms with Gasteiger partial charge in [0.15, 0.2) is 5.82 Å². The quantitative estimate of drug-likeness (QED) is 0.769. The van der Waals surface area contributed by atoms with E-state index in [2.05, 4.69) is 4.98 Å². The highest BCUT2D eigenvalue weighted by Crippen LogP contribution is 2.29. The fourth-order valence-electron chi connectivity index (χ4n) is 1.81. The Morgan fingerprint density at radius 2 is 1.65 bits per heavy atom. The molecule has 17 heavy (non-hydrogen) atoms. The van der Waals surface area contributed by atoms with Gasteiger partial charge in [-0.3, -0.25) is 4.98 Å². The largest absolute Gasteiger partial charge is 0.396 e. The third-order valence-corrected chi connectivity index (χ3v) is 2.49. The summed E-state index contributed by atoms with van der Waals surface area (Å²) in [6.45, 7) is 3.55. The Morgan fingerprint density at radius 1 is 1.06 bits per heavy atom. The summed E-state index contributed by atoms with van der Waals surface area (Å²) >= 11 is 0. The van der Waals surface area contributed by atoms with Crippen LogP contribution in [0.4, 0.5) is 14.5 Å². The minimum atomic E-state index is -0.727. The van der Waals surface area contributed by atoms with Crippen LogP contribution in [0.5, 0.6) is 0 Å². The Bertz CT molecular complexity index is 560. The highest BCUT2D eigenvalue weighted by Gasteiger charge is 2.14. The van der Waals surface area contributed by atoms with Gasteiger partial charge in [-0.05, 0) is 43.7 Å². The van der Waals surface area contributed by atoms with Crippen molar-refractivity contribution < 1.29 is 8.78 Å². The number of aromatic nitrogens is 1. The first-order valence-corrected chi connectivity index (χ1v) is 5.18. The van der Waals surface area contributed by atoms with Gasteiger partial charge in [0.25, 0.3) is 0 Å². The minimum Gasteiger partial charge on any atom is -0.396 e. The van der Waals surface area contributed by atoms with E-state index in [1.54, 1.807) is 26.0 Å². The van der Waals surface area contributed by atoms with E-state index < -0.39 is 11.6 Å². The molecule has 1 aromatic carbocycles. The van der Waals surface area contributed by atoms with Crippen LogP contribution in [-0.2, 0) is 0 Å². The smallest absolute Gasteiger partial charge is 0.156 e. The molecular weight excluding hydrogens is 222 g/mol. The number of hydrogen-bond acceptors (Lipinski definition) is 2. The van der Waals surface area contributed by atoms with Crippen LogP contribution >= 0.6 is 0 Å². The lowest BCUT2D eigenvalue weighted by atomic mass is 10.0. The second-order valence-electron chi connectivity index (χ2n) is 3.96. The van der Waals surface area contributed by atoms with E-state index in [1.165, 1.54) is 12.1 Å². The van der Waals surface area contributed by atoms with Gasteiger partial charge in [-0.1, -0.05) is 0 Å². The van der Waals surface area contributed by atoms with Crippen molar-refractivity contribution in [3.63, 3.8) is 0 Å². The van der Waals surface area contributed by atoms with Crippen molar-refractivity contribution in [1.29, 1.82) is 0 Å². The van der Waals surface area contributed by atoms with E-state index in [-0.39, 0.29) is 11.3 Å². The first kappa shape index (κ1) is 11.5. The molecule has 0 saturated carbocycles. The number of pyridine rings is 1. The second-order valence-corrected chi connectivity index (χ2v) is 3.96. The van der Waals surface area contributed by atoms with E-state index in [0.29, 0.717) is 17.0 Å².